The van der Waals surface area contributed by atoms with Crippen molar-refractivity contribution in [1.82, 2.24) is 9.97 Å². The molecular formula is C15H18BrN3. The highest BCUT2D eigenvalue weighted by Gasteiger charge is 2.18. The highest BCUT2D eigenvalue weighted by Crippen LogP contribution is 2.24. The summed E-state index contributed by atoms with van der Waals surface area (Å²) in [5, 5.41) is 3.32. The van der Waals surface area contributed by atoms with Crippen molar-refractivity contribution in [2.75, 3.05) is 5.32 Å². The van der Waals surface area contributed by atoms with E-state index in [-0.39, 0.29) is 5.41 Å². The van der Waals surface area contributed by atoms with Gasteiger partial charge in [-0.05, 0) is 40.5 Å². The van der Waals surface area contributed by atoms with Crippen LogP contribution in [0.2, 0.25) is 0 Å². The van der Waals surface area contributed by atoms with Gasteiger partial charge in [-0.2, -0.15) is 0 Å². The Hall–Kier alpha value is -1.42. The molecule has 0 amide bonds. The molecule has 0 aliphatic heterocycles. The van der Waals surface area contributed by atoms with Gasteiger partial charge in [-0.1, -0.05) is 32.9 Å². The van der Waals surface area contributed by atoms with E-state index in [1.807, 2.05) is 18.2 Å². The average Bonchev–Trinajstić information content (AvgIpc) is 2.26. The Labute approximate surface area is 122 Å². The number of aryl methyl sites for hydroxylation is 1. The normalized spacial score (nSPS) is 11.4. The molecule has 100 valence electrons. The summed E-state index contributed by atoms with van der Waals surface area (Å²) in [6, 6.07) is 10.1. The number of benzene rings is 1. The maximum absolute atomic E-state index is 4.58. The van der Waals surface area contributed by atoms with Crippen LogP contribution in [0.4, 0.5) is 11.5 Å². The Bertz CT molecular complexity index is 588. The molecule has 0 spiro atoms. The molecule has 2 rings (SSSR count). The zero-order chi connectivity index (χ0) is 14.0. The van der Waals surface area contributed by atoms with Crippen molar-refractivity contribution in [2.24, 2.45) is 0 Å². The van der Waals surface area contributed by atoms with Gasteiger partial charge in [-0.25, -0.2) is 9.97 Å². The fraction of sp³-hybridized carbons (Fsp3) is 0.333. The van der Waals surface area contributed by atoms with Crippen molar-refractivity contribution < 1.29 is 0 Å². The van der Waals surface area contributed by atoms with E-state index in [0.717, 1.165) is 21.9 Å². The standard InChI is InChI=1S/C15H18BrN3/c1-10-6-5-7-11(8-10)17-13-9-12(16)18-14(19-13)15(2,3)4/h5-9H,1-4H3,(H,17,18,19). The fourth-order valence-electron chi connectivity index (χ4n) is 1.69. The number of hydrogen-bond acceptors (Lipinski definition) is 3. The van der Waals surface area contributed by atoms with E-state index in [9.17, 15) is 0 Å². The molecule has 0 atom stereocenters. The predicted octanol–water partition coefficient (Wildman–Crippen LogP) is 4.59. The molecule has 0 saturated carbocycles. The topological polar surface area (TPSA) is 37.8 Å². The smallest absolute Gasteiger partial charge is 0.137 e. The van der Waals surface area contributed by atoms with Crippen molar-refractivity contribution in [1.29, 1.82) is 0 Å². The van der Waals surface area contributed by atoms with Crippen molar-refractivity contribution in [3.8, 4) is 0 Å². The molecule has 0 unspecified atom stereocenters. The molecule has 1 aromatic carbocycles. The number of aromatic nitrogens is 2. The molecule has 3 nitrogen and oxygen atoms in total. The Morgan fingerprint density at radius 3 is 2.47 bits per heavy atom. The summed E-state index contributed by atoms with van der Waals surface area (Å²) in [5.74, 6) is 1.62. The Morgan fingerprint density at radius 2 is 1.84 bits per heavy atom. The third kappa shape index (κ3) is 3.77. The lowest BCUT2D eigenvalue weighted by Gasteiger charge is -2.18. The quantitative estimate of drug-likeness (QED) is 0.823. The molecule has 4 heteroatoms. The third-order valence-corrected chi connectivity index (χ3v) is 3.06. The van der Waals surface area contributed by atoms with Gasteiger partial charge in [-0.3, -0.25) is 0 Å². The van der Waals surface area contributed by atoms with Gasteiger partial charge in [0.05, 0.1) is 0 Å². The van der Waals surface area contributed by atoms with Crippen LogP contribution < -0.4 is 5.32 Å². The minimum Gasteiger partial charge on any atom is -0.340 e. The highest BCUT2D eigenvalue weighted by atomic mass is 79.9. The number of nitrogens with one attached hydrogen (secondary N) is 1. The van der Waals surface area contributed by atoms with E-state index in [4.69, 9.17) is 0 Å². The molecule has 1 aromatic heterocycles. The summed E-state index contributed by atoms with van der Waals surface area (Å²) in [7, 11) is 0. The minimum atomic E-state index is -0.0766. The second-order valence-electron chi connectivity index (χ2n) is 5.64. The molecule has 0 saturated heterocycles. The zero-order valence-electron chi connectivity index (χ0n) is 11.7. The minimum absolute atomic E-state index is 0.0766. The maximum Gasteiger partial charge on any atom is 0.137 e. The molecule has 1 N–H and O–H groups in total. The number of halogens is 1. The van der Waals surface area contributed by atoms with E-state index in [1.165, 1.54) is 5.56 Å². The van der Waals surface area contributed by atoms with Gasteiger partial charge >= 0.3 is 0 Å². The molecule has 0 bridgehead atoms. The summed E-state index contributed by atoms with van der Waals surface area (Å²) in [4.78, 5) is 9.01. The number of nitrogens with zero attached hydrogens (tertiary/aromatic N) is 2. The maximum atomic E-state index is 4.58. The van der Waals surface area contributed by atoms with Crippen LogP contribution in [0.3, 0.4) is 0 Å². The molecule has 0 aliphatic carbocycles. The van der Waals surface area contributed by atoms with Gasteiger partial charge in [0.15, 0.2) is 0 Å². The monoisotopic (exact) mass is 319 g/mol. The lowest BCUT2D eigenvalue weighted by molar-refractivity contribution is 0.544. The van der Waals surface area contributed by atoms with Crippen molar-refractivity contribution in [3.05, 3.63) is 46.3 Å². The van der Waals surface area contributed by atoms with Crippen LogP contribution in [-0.4, -0.2) is 9.97 Å². The first-order valence-electron chi connectivity index (χ1n) is 6.23. The lowest BCUT2D eigenvalue weighted by atomic mass is 9.96. The molecule has 2 aromatic rings. The SMILES string of the molecule is Cc1cccc(Nc2cc(Br)nc(C(C)(C)C)n2)c1. The van der Waals surface area contributed by atoms with E-state index >= 15 is 0 Å². The molecule has 0 fully saturated rings. The van der Waals surface area contributed by atoms with E-state index in [0.29, 0.717) is 0 Å². The molecule has 0 radical (unpaired) electrons. The predicted molar refractivity (Wildman–Crippen MR) is 82.9 cm³/mol. The summed E-state index contributed by atoms with van der Waals surface area (Å²) in [5.41, 5.74) is 2.17. The second kappa shape index (κ2) is 5.29. The Balaban J connectivity index is 2.33. The van der Waals surface area contributed by atoms with Crippen molar-refractivity contribution >= 4 is 27.4 Å². The summed E-state index contributed by atoms with van der Waals surface area (Å²) >= 11 is 3.44. The lowest BCUT2D eigenvalue weighted by Crippen LogP contribution is -2.16. The van der Waals surface area contributed by atoms with E-state index in [2.05, 4.69) is 71.0 Å². The zero-order valence-corrected chi connectivity index (χ0v) is 13.2. The Morgan fingerprint density at radius 1 is 1.11 bits per heavy atom. The summed E-state index contributed by atoms with van der Waals surface area (Å²) in [6.07, 6.45) is 0. The van der Waals surface area contributed by atoms with Crippen molar-refractivity contribution in [3.63, 3.8) is 0 Å². The van der Waals surface area contributed by atoms with Crippen LogP contribution in [0.25, 0.3) is 0 Å². The first-order valence-corrected chi connectivity index (χ1v) is 7.03. The largest absolute Gasteiger partial charge is 0.340 e. The molecular weight excluding hydrogens is 302 g/mol. The molecule has 1 heterocycles. The first kappa shape index (κ1) is 14.0. The van der Waals surface area contributed by atoms with Crippen LogP contribution in [0.15, 0.2) is 34.9 Å². The fourth-order valence-corrected chi connectivity index (χ4v) is 2.07. The average molecular weight is 320 g/mol. The number of rotatable bonds is 2. The third-order valence-electron chi connectivity index (χ3n) is 2.66. The summed E-state index contributed by atoms with van der Waals surface area (Å²) < 4.78 is 0.794. The van der Waals surface area contributed by atoms with E-state index in [1.54, 1.807) is 0 Å². The van der Waals surface area contributed by atoms with Crippen LogP contribution in [0.5, 0.6) is 0 Å². The highest BCUT2D eigenvalue weighted by molar-refractivity contribution is 9.10. The van der Waals surface area contributed by atoms with Crippen LogP contribution in [0.1, 0.15) is 32.2 Å². The van der Waals surface area contributed by atoms with E-state index < -0.39 is 0 Å². The van der Waals surface area contributed by atoms with Gasteiger partial charge in [0, 0.05) is 17.2 Å². The Kier molecular flexibility index (Phi) is 3.90. The van der Waals surface area contributed by atoms with Gasteiger partial charge in [-0.15, -0.1) is 0 Å². The van der Waals surface area contributed by atoms with Crippen LogP contribution in [0, 0.1) is 6.92 Å². The van der Waals surface area contributed by atoms with Gasteiger partial charge in [0.1, 0.15) is 16.2 Å². The molecule has 19 heavy (non-hydrogen) atoms. The molecule has 0 aliphatic rings. The first-order chi connectivity index (χ1) is 8.84. The van der Waals surface area contributed by atoms with Crippen LogP contribution >= 0.6 is 15.9 Å². The van der Waals surface area contributed by atoms with Crippen molar-refractivity contribution in [2.45, 2.75) is 33.1 Å². The van der Waals surface area contributed by atoms with Gasteiger partial charge in [0.2, 0.25) is 0 Å². The second-order valence-corrected chi connectivity index (χ2v) is 6.46. The van der Waals surface area contributed by atoms with Gasteiger partial charge < -0.3 is 5.32 Å². The van der Waals surface area contributed by atoms with Crippen LogP contribution in [-0.2, 0) is 5.41 Å². The summed E-state index contributed by atoms with van der Waals surface area (Å²) in [6.45, 7) is 8.38. The number of hydrogen-bond donors (Lipinski definition) is 1. The van der Waals surface area contributed by atoms with Gasteiger partial charge in [0.25, 0.3) is 0 Å². The number of anilines is 2.